The number of nitrogens with one attached hydrogen (secondary N) is 1. The first kappa shape index (κ1) is 17.4. The highest BCUT2D eigenvalue weighted by Gasteiger charge is 2.11. The van der Waals surface area contributed by atoms with Gasteiger partial charge in [-0.05, 0) is 29.8 Å². The number of carboxylic acid groups (broad SMARTS) is 1. The van der Waals surface area contributed by atoms with Crippen LogP contribution in [0, 0.1) is 0 Å². The molecular formula is C18H13F2N2O4-. The van der Waals surface area contributed by atoms with Crippen molar-refractivity contribution in [3.05, 3.63) is 53.3 Å². The van der Waals surface area contributed by atoms with Gasteiger partial charge in [0.15, 0.2) is 11.5 Å². The molecule has 1 aromatic heterocycles. The second kappa shape index (κ2) is 7.22. The molecule has 6 nitrogen and oxygen atoms in total. The first-order valence-corrected chi connectivity index (χ1v) is 7.49. The number of carbonyl (C=O) groups excluding carboxylic acids is 1. The summed E-state index contributed by atoms with van der Waals surface area (Å²) in [6.07, 6.45) is 3.21. The van der Waals surface area contributed by atoms with Crippen LogP contribution in [0.4, 0.5) is 8.78 Å². The second-order valence-corrected chi connectivity index (χ2v) is 5.23. The number of methoxy groups -OCH3 is 1. The minimum atomic E-state index is -2.97. The molecule has 2 aromatic carbocycles. The zero-order valence-corrected chi connectivity index (χ0v) is 13.5. The highest BCUT2D eigenvalue weighted by atomic mass is 19.3. The van der Waals surface area contributed by atoms with Crippen molar-refractivity contribution in [2.24, 2.45) is 0 Å². The van der Waals surface area contributed by atoms with Crippen LogP contribution in [-0.2, 0) is 0 Å². The van der Waals surface area contributed by atoms with Crippen LogP contribution in [0.3, 0.4) is 0 Å². The van der Waals surface area contributed by atoms with Crippen LogP contribution in [0.2, 0.25) is 0 Å². The van der Waals surface area contributed by atoms with Crippen LogP contribution in [-0.4, -0.2) is 29.7 Å². The van der Waals surface area contributed by atoms with Crippen LogP contribution < -0.4 is 14.6 Å². The molecule has 0 fully saturated rings. The van der Waals surface area contributed by atoms with Gasteiger partial charge in [0.1, 0.15) is 5.82 Å². The third kappa shape index (κ3) is 3.64. The Morgan fingerprint density at radius 3 is 2.73 bits per heavy atom. The van der Waals surface area contributed by atoms with E-state index in [-0.39, 0.29) is 22.6 Å². The van der Waals surface area contributed by atoms with Gasteiger partial charge in [0, 0.05) is 5.56 Å². The fourth-order valence-corrected chi connectivity index (χ4v) is 2.46. The Kier molecular flexibility index (Phi) is 4.83. The lowest BCUT2D eigenvalue weighted by atomic mass is 10.2. The average molecular weight is 359 g/mol. The molecule has 0 amide bonds. The molecule has 0 saturated carbocycles. The van der Waals surface area contributed by atoms with Crippen molar-refractivity contribution in [2.45, 2.75) is 6.61 Å². The third-order valence-corrected chi connectivity index (χ3v) is 3.59. The molecule has 26 heavy (non-hydrogen) atoms. The maximum atomic E-state index is 12.5. The van der Waals surface area contributed by atoms with E-state index in [1.165, 1.54) is 25.3 Å². The van der Waals surface area contributed by atoms with Gasteiger partial charge in [-0.15, -0.1) is 0 Å². The summed E-state index contributed by atoms with van der Waals surface area (Å²) in [5.41, 5.74) is 1.38. The molecule has 0 aliphatic heterocycles. The molecule has 3 rings (SSSR count). The molecule has 0 unspecified atom stereocenters. The van der Waals surface area contributed by atoms with E-state index in [1.807, 2.05) is 0 Å². The van der Waals surface area contributed by atoms with Crippen LogP contribution in [0.25, 0.3) is 23.2 Å². The van der Waals surface area contributed by atoms with E-state index in [2.05, 4.69) is 14.7 Å². The number of aromatic nitrogens is 2. The summed E-state index contributed by atoms with van der Waals surface area (Å²) in [6, 6.07) is 9.23. The van der Waals surface area contributed by atoms with Gasteiger partial charge in [0.25, 0.3) is 0 Å². The standard InChI is InChI=1S/C18H14F2N2O4/c1-25-13-7-5-10(9-14(13)26-18(19)20)6-8-15-21-12-4-2-3-11(17(23)24)16(12)22-15/h2-9,18H,1H3,(H,21,22)(H,23,24)/p-1/b8-6+. The number of carboxylic acids is 1. The fraction of sp³-hybridized carbons (Fsp3) is 0.111. The molecule has 1 N–H and O–H groups in total. The molecule has 0 radical (unpaired) electrons. The summed E-state index contributed by atoms with van der Waals surface area (Å²) in [5.74, 6) is -0.819. The minimum absolute atomic E-state index is 0.0181. The van der Waals surface area contributed by atoms with Gasteiger partial charge in [-0.2, -0.15) is 8.78 Å². The molecule has 1 heterocycles. The maximum Gasteiger partial charge on any atom is 0.387 e. The average Bonchev–Trinajstić information content (AvgIpc) is 3.02. The number of alkyl halides is 2. The molecule has 3 aromatic rings. The molecule has 0 atom stereocenters. The van der Waals surface area contributed by atoms with E-state index in [1.54, 1.807) is 30.4 Å². The van der Waals surface area contributed by atoms with E-state index < -0.39 is 12.6 Å². The Labute approximate surface area is 146 Å². The molecule has 0 aliphatic carbocycles. The van der Waals surface area contributed by atoms with Crippen molar-refractivity contribution in [3.63, 3.8) is 0 Å². The first-order chi connectivity index (χ1) is 12.5. The van der Waals surface area contributed by atoms with Gasteiger partial charge < -0.3 is 24.4 Å². The first-order valence-electron chi connectivity index (χ1n) is 7.49. The topological polar surface area (TPSA) is 87.3 Å². The molecule has 134 valence electrons. The zero-order chi connectivity index (χ0) is 18.7. The van der Waals surface area contributed by atoms with Gasteiger partial charge in [-0.1, -0.05) is 24.3 Å². The predicted molar refractivity (Wildman–Crippen MR) is 89.0 cm³/mol. The highest BCUT2D eigenvalue weighted by Crippen LogP contribution is 2.30. The van der Waals surface area contributed by atoms with E-state index in [0.717, 1.165) is 0 Å². The van der Waals surface area contributed by atoms with E-state index >= 15 is 0 Å². The fourth-order valence-electron chi connectivity index (χ4n) is 2.46. The van der Waals surface area contributed by atoms with Gasteiger partial charge >= 0.3 is 6.61 Å². The Bertz CT molecular complexity index is 982. The van der Waals surface area contributed by atoms with Gasteiger partial charge in [0.05, 0.1) is 24.1 Å². The molecular weight excluding hydrogens is 346 g/mol. The number of imidazole rings is 1. The van der Waals surface area contributed by atoms with Crippen LogP contribution in [0.5, 0.6) is 11.5 Å². The summed E-state index contributed by atoms with van der Waals surface area (Å²) < 4.78 is 34.4. The number of hydrogen-bond acceptors (Lipinski definition) is 5. The third-order valence-electron chi connectivity index (χ3n) is 3.59. The van der Waals surface area contributed by atoms with Gasteiger partial charge in [-0.3, -0.25) is 0 Å². The molecule has 0 saturated heterocycles. The SMILES string of the molecule is COc1ccc(/C=C/c2nc3c(C(=O)[O-])cccc3[nH]2)cc1OC(F)F. The number of H-pyrrole nitrogens is 1. The van der Waals surface area contributed by atoms with Crippen molar-refractivity contribution in [2.75, 3.05) is 7.11 Å². The van der Waals surface area contributed by atoms with E-state index in [4.69, 9.17) is 4.74 Å². The lowest BCUT2D eigenvalue weighted by Gasteiger charge is -2.10. The molecule has 0 spiro atoms. The molecule has 0 aliphatic rings. The van der Waals surface area contributed by atoms with Crippen LogP contribution in [0.15, 0.2) is 36.4 Å². The number of carbonyl (C=O) groups is 1. The maximum absolute atomic E-state index is 12.5. The van der Waals surface area contributed by atoms with Crippen LogP contribution in [0.1, 0.15) is 21.7 Å². The van der Waals surface area contributed by atoms with Crippen molar-refractivity contribution in [3.8, 4) is 11.5 Å². The van der Waals surface area contributed by atoms with Crippen molar-refractivity contribution in [1.82, 2.24) is 9.97 Å². The number of fused-ring (bicyclic) bond motifs is 1. The number of benzene rings is 2. The zero-order valence-electron chi connectivity index (χ0n) is 13.5. The number of ether oxygens (including phenoxy) is 2. The monoisotopic (exact) mass is 359 g/mol. The van der Waals surface area contributed by atoms with Crippen molar-refractivity contribution >= 4 is 29.2 Å². The number of aromatic carboxylic acids is 1. The van der Waals surface area contributed by atoms with Gasteiger partial charge in [-0.25, -0.2) is 4.98 Å². The van der Waals surface area contributed by atoms with E-state index in [9.17, 15) is 18.7 Å². The number of nitrogens with zero attached hydrogens (tertiary/aromatic N) is 1. The Morgan fingerprint density at radius 1 is 1.23 bits per heavy atom. The van der Waals surface area contributed by atoms with Crippen LogP contribution >= 0.6 is 0 Å². The number of rotatable bonds is 6. The number of aromatic amines is 1. The summed E-state index contributed by atoms with van der Waals surface area (Å²) in [5, 5.41) is 11.1. The quantitative estimate of drug-likeness (QED) is 0.731. The Morgan fingerprint density at radius 2 is 2.04 bits per heavy atom. The summed E-state index contributed by atoms with van der Waals surface area (Å²) in [6.45, 7) is -2.97. The lowest BCUT2D eigenvalue weighted by molar-refractivity contribution is -0.254. The normalized spacial score (nSPS) is 11.4. The van der Waals surface area contributed by atoms with Crippen molar-refractivity contribution < 1.29 is 28.2 Å². The highest BCUT2D eigenvalue weighted by molar-refractivity contribution is 6.00. The lowest BCUT2D eigenvalue weighted by Crippen LogP contribution is -2.22. The Hall–Kier alpha value is -3.42. The van der Waals surface area contributed by atoms with Gasteiger partial charge in [0.2, 0.25) is 0 Å². The number of halogens is 2. The number of para-hydroxylation sites is 1. The Balaban J connectivity index is 1.91. The van der Waals surface area contributed by atoms with E-state index in [0.29, 0.717) is 16.9 Å². The number of hydrogen-bond donors (Lipinski definition) is 1. The minimum Gasteiger partial charge on any atom is -0.545 e. The summed E-state index contributed by atoms with van der Waals surface area (Å²) >= 11 is 0. The summed E-state index contributed by atoms with van der Waals surface area (Å²) in [4.78, 5) is 18.3. The predicted octanol–water partition coefficient (Wildman–Crippen LogP) is 2.71. The summed E-state index contributed by atoms with van der Waals surface area (Å²) in [7, 11) is 1.35. The molecule has 8 heteroatoms. The van der Waals surface area contributed by atoms with Crippen molar-refractivity contribution in [1.29, 1.82) is 0 Å². The second-order valence-electron chi connectivity index (χ2n) is 5.23. The largest absolute Gasteiger partial charge is 0.545 e. The smallest absolute Gasteiger partial charge is 0.387 e. The molecule has 0 bridgehead atoms.